The highest BCUT2D eigenvalue weighted by Crippen LogP contribution is 2.28. The van der Waals surface area contributed by atoms with Gasteiger partial charge in [0, 0.05) is 11.4 Å². The largest absolute Gasteiger partial charge is 0.508 e. The average molecular weight is 314 g/mol. The van der Waals surface area contributed by atoms with Crippen molar-refractivity contribution in [2.24, 2.45) is 5.92 Å². The molecule has 1 saturated carbocycles. The third-order valence-electron chi connectivity index (χ3n) is 3.40. The molecule has 0 spiro atoms. The number of rotatable bonds is 3. The fourth-order valence-corrected chi connectivity index (χ4v) is 3.14. The Kier molecular flexibility index (Phi) is 4.11. The second-order valence-corrected chi connectivity index (χ2v) is 5.27. The zero-order valence-corrected chi connectivity index (χ0v) is 11.5. The number of hydrogen-bond donors (Lipinski definition) is 3. The van der Waals surface area contributed by atoms with Crippen molar-refractivity contribution in [1.82, 2.24) is 5.32 Å². The standard InChI is InChI=1S/C13H16BrNO3/c14-7-8-2-1-3-11(8)15-13(18)10-6-9(16)4-5-12(10)17/h4-6,8,11,16-17H,1-3,7H2,(H,15,18). The molecule has 2 unspecified atom stereocenters. The van der Waals surface area contributed by atoms with E-state index in [2.05, 4.69) is 21.2 Å². The summed E-state index contributed by atoms with van der Waals surface area (Å²) < 4.78 is 0. The van der Waals surface area contributed by atoms with Crippen LogP contribution in [0.25, 0.3) is 0 Å². The molecule has 4 nitrogen and oxygen atoms in total. The number of phenols is 2. The molecule has 5 heteroatoms. The van der Waals surface area contributed by atoms with Crippen LogP contribution in [0.4, 0.5) is 0 Å². The number of nitrogens with one attached hydrogen (secondary N) is 1. The van der Waals surface area contributed by atoms with Gasteiger partial charge in [0.2, 0.25) is 0 Å². The van der Waals surface area contributed by atoms with E-state index in [1.54, 1.807) is 0 Å². The van der Waals surface area contributed by atoms with E-state index in [-0.39, 0.29) is 29.0 Å². The second kappa shape index (κ2) is 5.61. The minimum Gasteiger partial charge on any atom is -0.508 e. The summed E-state index contributed by atoms with van der Waals surface area (Å²) in [6.07, 6.45) is 3.16. The van der Waals surface area contributed by atoms with Crippen LogP contribution in [0.1, 0.15) is 29.6 Å². The van der Waals surface area contributed by atoms with Gasteiger partial charge in [0.25, 0.3) is 5.91 Å². The number of aromatic hydroxyl groups is 2. The van der Waals surface area contributed by atoms with Gasteiger partial charge in [-0.05, 0) is 37.0 Å². The summed E-state index contributed by atoms with van der Waals surface area (Å²) in [7, 11) is 0. The number of carbonyl (C=O) groups excluding carboxylic acids is 1. The zero-order valence-electron chi connectivity index (χ0n) is 9.90. The number of amides is 1. The van der Waals surface area contributed by atoms with E-state index in [1.807, 2.05) is 0 Å². The van der Waals surface area contributed by atoms with E-state index >= 15 is 0 Å². The van der Waals surface area contributed by atoms with Crippen molar-refractivity contribution in [3.8, 4) is 11.5 Å². The third kappa shape index (κ3) is 2.77. The van der Waals surface area contributed by atoms with Crippen molar-refractivity contribution in [2.75, 3.05) is 5.33 Å². The lowest BCUT2D eigenvalue weighted by molar-refractivity contribution is 0.0927. The first-order valence-electron chi connectivity index (χ1n) is 6.00. The van der Waals surface area contributed by atoms with Gasteiger partial charge in [0.05, 0.1) is 5.56 Å². The summed E-state index contributed by atoms with van der Waals surface area (Å²) in [6, 6.07) is 4.09. The van der Waals surface area contributed by atoms with E-state index in [0.717, 1.165) is 24.6 Å². The maximum absolute atomic E-state index is 12.0. The Morgan fingerprint density at radius 3 is 2.89 bits per heavy atom. The molecule has 0 saturated heterocycles. The van der Waals surface area contributed by atoms with Crippen molar-refractivity contribution < 1.29 is 15.0 Å². The van der Waals surface area contributed by atoms with Crippen LogP contribution in [0.3, 0.4) is 0 Å². The fourth-order valence-electron chi connectivity index (χ4n) is 2.36. The SMILES string of the molecule is O=C(NC1CCCC1CBr)c1cc(O)ccc1O. The first kappa shape index (κ1) is 13.2. The van der Waals surface area contributed by atoms with Gasteiger partial charge in [-0.2, -0.15) is 0 Å². The van der Waals surface area contributed by atoms with E-state index in [1.165, 1.54) is 18.2 Å². The average Bonchev–Trinajstić information content (AvgIpc) is 2.79. The molecule has 0 heterocycles. The number of alkyl halides is 1. The Morgan fingerprint density at radius 2 is 2.17 bits per heavy atom. The Morgan fingerprint density at radius 1 is 1.39 bits per heavy atom. The molecular formula is C13H16BrNO3. The minimum atomic E-state index is -0.332. The minimum absolute atomic E-state index is 0.0265. The number of benzene rings is 1. The Hall–Kier alpha value is -1.23. The van der Waals surface area contributed by atoms with Gasteiger partial charge < -0.3 is 15.5 Å². The molecule has 18 heavy (non-hydrogen) atoms. The molecule has 2 rings (SSSR count). The molecule has 1 aliphatic rings. The van der Waals surface area contributed by atoms with Gasteiger partial charge in [-0.25, -0.2) is 0 Å². The number of carbonyl (C=O) groups is 1. The second-order valence-electron chi connectivity index (χ2n) is 4.63. The summed E-state index contributed by atoms with van der Waals surface area (Å²) in [5.41, 5.74) is 0.121. The highest BCUT2D eigenvalue weighted by atomic mass is 79.9. The van der Waals surface area contributed by atoms with Crippen molar-refractivity contribution >= 4 is 21.8 Å². The van der Waals surface area contributed by atoms with Crippen LogP contribution >= 0.6 is 15.9 Å². The molecule has 1 aromatic rings. The van der Waals surface area contributed by atoms with Gasteiger partial charge in [-0.15, -0.1) is 0 Å². The molecule has 3 N–H and O–H groups in total. The lowest BCUT2D eigenvalue weighted by Gasteiger charge is -2.19. The van der Waals surface area contributed by atoms with Crippen LogP contribution in [0, 0.1) is 5.92 Å². The number of halogens is 1. The van der Waals surface area contributed by atoms with E-state index in [4.69, 9.17) is 0 Å². The Bertz CT molecular complexity index is 450. The summed E-state index contributed by atoms with van der Waals surface area (Å²) in [4.78, 5) is 12.0. The molecule has 1 aromatic carbocycles. The summed E-state index contributed by atoms with van der Waals surface area (Å²) in [5.74, 6) is -0.0326. The molecule has 1 aliphatic carbocycles. The van der Waals surface area contributed by atoms with Crippen molar-refractivity contribution in [2.45, 2.75) is 25.3 Å². The van der Waals surface area contributed by atoms with E-state index in [0.29, 0.717) is 5.92 Å². The molecule has 0 bridgehead atoms. The van der Waals surface area contributed by atoms with Gasteiger partial charge in [-0.1, -0.05) is 22.4 Å². The predicted molar refractivity (Wildman–Crippen MR) is 72.2 cm³/mol. The summed E-state index contributed by atoms with van der Waals surface area (Å²) in [6.45, 7) is 0. The van der Waals surface area contributed by atoms with Crippen LogP contribution < -0.4 is 5.32 Å². The molecule has 98 valence electrons. The summed E-state index contributed by atoms with van der Waals surface area (Å²) in [5, 5.41) is 22.8. The molecular weight excluding hydrogens is 298 g/mol. The molecule has 1 fully saturated rings. The number of phenolic OH excluding ortho intramolecular Hbond substituents is 2. The molecule has 0 radical (unpaired) electrons. The Labute approximate surface area is 114 Å². The van der Waals surface area contributed by atoms with Crippen molar-refractivity contribution in [3.05, 3.63) is 23.8 Å². The highest BCUT2D eigenvalue weighted by molar-refractivity contribution is 9.09. The van der Waals surface area contributed by atoms with E-state index in [9.17, 15) is 15.0 Å². The van der Waals surface area contributed by atoms with Crippen molar-refractivity contribution in [3.63, 3.8) is 0 Å². The molecule has 0 aliphatic heterocycles. The van der Waals surface area contributed by atoms with Crippen LogP contribution in [0.5, 0.6) is 11.5 Å². The Balaban J connectivity index is 2.09. The van der Waals surface area contributed by atoms with Crippen LogP contribution in [0.15, 0.2) is 18.2 Å². The van der Waals surface area contributed by atoms with Crippen LogP contribution in [-0.2, 0) is 0 Å². The first-order chi connectivity index (χ1) is 8.61. The normalized spacial score (nSPS) is 22.9. The lowest BCUT2D eigenvalue weighted by Crippen LogP contribution is -2.37. The number of hydrogen-bond acceptors (Lipinski definition) is 3. The van der Waals surface area contributed by atoms with Crippen molar-refractivity contribution in [1.29, 1.82) is 0 Å². The summed E-state index contributed by atoms with van der Waals surface area (Å²) >= 11 is 3.45. The maximum atomic E-state index is 12.0. The molecule has 0 aromatic heterocycles. The highest BCUT2D eigenvalue weighted by Gasteiger charge is 2.28. The smallest absolute Gasteiger partial charge is 0.255 e. The molecule has 1 amide bonds. The predicted octanol–water partition coefficient (Wildman–Crippen LogP) is 2.39. The van der Waals surface area contributed by atoms with Gasteiger partial charge in [0.15, 0.2) is 0 Å². The first-order valence-corrected chi connectivity index (χ1v) is 7.12. The topological polar surface area (TPSA) is 69.6 Å². The van der Waals surface area contributed by atoms with Gasteiger partial charge in [-0.3, -0.25) is 4.79 Å². The molecule has 2 atom stereocenters. The van der Waals surface area contributed by atoms with Crippen LogP contribution in [0.2, 0.25) is 0 Å². The quantitative estimate of drug-likeness (QED) is 0.593. The lowest BCUT2D eigenvalue weighted by atomic mass is 10.1. The zero-order chi connectivity index (χ0) is 13.1. The van der Waals surface area contributed by atoms with Gasteiger partial charge >= 0.3 is 0 Å². The fraction of sp³-hybridized carbons (Fsp3) is 0.462. The third-order valence-corrected chi connectivity index (χ3v) is 4.23. The van der Waals surface area contributed by atoms with Gasteiger partial charge in [0.1, 0.15) is 11.5 Å². The monoisotopic (exact) mass is 313 g/mol. The van der Waals surface area contributed by atoms with E-state index < -0.39 is 0 Å². The van der Waals surface area contributed by atoms with Crippen LogP contribution in [-0.4, -0.2) is 27.5 Å². The maximum Gasteiger partial charge on any atom is 0.255 e.